The Balaban J connectivity index is 0.00000123. The van der Waals surface area contributed by atoms with Crippen molar-refractivity contribution in [1.29, 1.82) is 0 Å². The van der Waals surface area contributed by atoms with Gasteiger partial charge in [-0.1, -0.05) is 27.2 Å². The summed E-state index contributed by atoms with van der Waals surface area (Å²) in [5, 5.41) is 0. The van der Waals surface area contributed by atoms with E-state index in [9.17, 15) is 14.4 Å². The Morgan fingerprint density at radius 1 is 0.909 bits per heavy atom. The molecular weight excluding hydrogens is 560 g/mol. The SMILES string of the molecule is CCCC1=C(C)c2cc3nc(cc4[nH]c(cc5[nH]c6c(c1n2)C(=O)OC(=O)c6c5C)[C@H](CC)[C@H]4C)C(C(C)=O)=C3C.O=C=O. The number of hydrogen-bond donors (Lipinski definition) is 2. The topological polar surface area (TPSA) is 152 Å². The summed E-state index contributed by atoms with van der Waals surface area (Å²) in [5.74, 6) is -1.06. The fourth-order valence-corrected chi connectivity index (χ4v) is 6.67. The number of nitrogens with one attached hydrogen (secondary N) is 2. The van der Waals surface area contributed by atoms with E-state index < -0.39 is 11.9 Å². The number of ketones is 1. The van der Waals surface area contributed by atoms with Gasteiger partial charge in [-0.15, -0.1) is 0 Å². The molecule has 4 aliphatic heterocycles. The van der Waals surface area contributed by atoms with Crippen molar-refractivity contribution in [2.24, 2.45) is 0 Å². The molecule has 6 rings (SSSR count). The largest absolute Gasteiger partial charge is 0.386 e. The third-order valence-corrected chi connectivity index (χ3v) is 8.92. The Bertz CT molecular complexity index is 1930. The van der Waals surface area contributed by atoms with Crippen LogP contribution in [0.3, 0.4) is 0 Å². The number of ether oxygens (including phenoxy) is 1. The van der Waals surface area contributed by atoms with E-state index in [0.29, 0.717) is 45.8 Å². The van der Waals surface area contributed by atoms with E-state index in [1.165, 1.54) is 0 Å². The lowest BCUT2D eigenvalue weighted by Gasteiger charge is -2.13. The molecule has 0 amide bonds. The van der Waals surface area contributed by atoms with E-state index in [2.05, 4.69) is 30.7 Å². The molecule has 2 atom stereocenters. The minimum atomic E-state index is -0.710. The third-order valence-electron chi connectivity index (χ3n) is 8.92. The summed E-state index contributed by atoms with van der Waals surface area (Å²) in [6.07, 6.45) is 2.68. The summed E-state index contributed by atoms with van der Waals surface area (Å²) in [4.78, 5) is 72.3. The molecule has 2 N–H and O–H groups in total. The number of allylic oxidation sites excluding steroid dienone is 4. The van der Waals surface area contributed by atoms with Crippen LogP contribution >= 0.6 is 0 Å². The number of fused-ring (bicyclic) bond motifs is 8. The maximum absolute atomic E-state index is 13.4. The molecule has 0 radical (unpaired) electrons. The van der Waals surface area contributed by atoms with Gasteiger partial charge in [0.25, 0.3) is 0 Å². The molecule has 44 heavy (non-hydrogen) atoms. The molecule has 2 aromatic rings. The maximum atomic E-state index is 13.4. The average Bonchev–Trinajstić information content (AvgIpc) is 3.63. The van der Waals surface area contributed by atoms with Crippen LogP contribution in [0, 0.1) is 6.92 Å². The van der Waals surface area contributed by atoms with Crippen molar-refractivity contribution in [1.82, 2.24) is 19.9 Å². The lowest BCUT2D eigenvalue weighted by molar-refractivity contribution is -0.191. The van der Waals surface area contributed by atoms with Crippen molar-refractivity contribution in [2.45, 2.75) is 79.6 Å². The standard InChI is InChI=1S/C33H34N4O4.CO2/c1-8-10-20-15(4)22-11-23-16(5)27(18(7)38)26(35-23)13-21-14(3)19(9-2)25(34-21)12-24-17(6)28-31(37-24)29(30(20)36-22)33(40)41-32(28)39;2-1-3/h11-14,19,34,37H,8-10H2,1-7H3;/t14-,19-;/m1./s1. The van der Waals surface area contributed by atoms with Crippen LogP contribution in [0.2, 0.25) is 0 Å². The van der Waals surface area contributed by atoms with Gasteiger partial charge in [0, 0.05) is 34.3 Å². The number of H-pyrrole nitrogens is 2. The first-order valence-electron chi connectivity index (χ1n) is 14.7. The molecule has 10 nitrogen and oxygen atoms in total. The molecule has 0 saturated heterocycles. The van der Waals surface area contributed by atoms with Gasteiger partial charge in [-0.2, -0.15) is 9.59 Å². The molecule has 10 heteroatoms. The summed E-state index contributed by atoms with van der Waals surface area (Å²) in [6, 6.07) is 5.91. The first-order valence-corrected chi connectivity index (χ1v) is 14.7. The van der Waals surface area contributed by atoms with Crippen LogP contribution in [0.25, 0.3) is 33.3 Å². The molecule has 6 heterocycles. The smallest absolute Gasteiger partial charge is 0.373 e. The molecule has 0 aromatic carbocycles. The Morgan fingerprint density at radius 3 is 2.20 bits per heavy atom. The second-order valence-electron chi connectivity index (χ2n) is 11.5. The lowest BCUT2D eigenvalue weighted by atomic mass is 9.89. The Morgan fingerprint density at radius 2 is 1.57 bits per heavy atom. The zero-order valence-corrected chi connectivity index (χ0v) is 25.9. The predicted octanol–water partition coefficient (Wildman–Crippen LogP) is 6.62. The number of Topliss-reactive ketones (excluding diaryl/α,β-unsaturated/α-hetero) is 1. The van der Waals surface area contributed by atoms with E-state index in [0.717, 1.165) is 52.0 Å². The van der Waals surface area contributed by atoms with Crippen LogP contribution in [0.1, 0.15) is 133 Å². The zero-order valence-electron chi connectivity index (χ0n) is 25.9. The molecule has 0 unspecified atom stereocenters. The molecule has 0 aliphatic carbocycles. The minimum absolute atomic E-state index is 0.0423. The number of cyclic esters (lactones) is 2. The maximum Gasteiger partial charge on any atom is 0.373 e. The van der Waals surface area contributed by atoms with E-state index >= 15 is 0 Å². The summed E-state index contributed by atoms with van der Waals surface area (Å²) in [7, 11) is 0. The number of aromatic amines is 2. The highest BCUT2D eigenvalue weighted by Gasteiger charge is 2.35. The summed E-state index contributed by atoms with van der Waals surface area (Å²) in [5.41, 5.74) is 10.3. The third kappa shape index (κ3) is 4.81. The van der Waals surface area contributed by atoms with Crippen molar-refractivity contribution < 1.29 is 28.7 Å². The van der Waals surface area contributed by atoms with Crippen molar-refractivity contribution >= 4 is 57.2 Å². The fraction of sp³-hybridized carbons (Fsp3) is 0.353. The van der Waals surface area contributed by atoms with Gasteiger partial charge < -0.3 is 14.7 Å². The fourth-order valence-electron chi connectivity index (χ4n) is 6.67. The van der Waals surface area contributed by atoms with Gasteiger partial charge in [-0.05, 0) is 81.0 Å². The number of nitrogens with zero attached hydrogens (tertiary/aromatic N) is 2. The van der Waals surface area contributed by atoms with Gasteiger partial charge in [-0.25, -0.2) is 19.6 Å². The van der Waals surface area contributed by atoms with Crippen molar-refractivity contribution in [3.05, 3.63) is 69.1 Å². The predicted molar refractivity (Wildman–Crippen MR) is 164 cm³/mol. The van der Waals surface area contributed by atoms with Gasteiger partial charge in [0.1, 0.15) is 5.56 Å². The van der Waals surface area contributed by atoms with Crippen molar-refractivity contribution in [3.8, 4) is 0 Å². The number of carbonyl (C=O) groups is 3. The van der Waals surface area contributed by atoms with Crippen molar-refractivity contribution in [3.63, 3.8) is 0 Å². The Labute approximate surface area is 254 Å². The Kier molecular flexibility index (Phi) is 8.05. The highest BCUT2D eigenvalue weighted by molar-refractivity contribution is 6.27. The highest BCUT2D eigenvalue weighted by Crippen LogP contribution is 2.42. The van der Waals surface area contributed by atoms with Crippen LogP contribution in [-0.2, 0) is 19.1 Å². The van der Waals surface area contributed by atoms with Crippen LogP contribution < -0.4 is 0 Å². The summed E-state index contributed by atoms with van der Waals surface area (Å²) < 4.78 is 5.30. The van der Waals surface area contributed by atoms with Gasteiger partial charge in [0.05, 0.1) is 33.9 Å². The number of aromatic nitrogens is 4. The molecule has 8 bridgehead atoms. The molecule has 0 saturated carbocycles. The first-order chi connectivity index (χ1) is 21.0. The normalized spacial score (nSPS) is 18.0. The number of hydrogen-bond acceptors (Lipinski definition) is 8. The van der Waals surface area contributed by atoms with Gasteiger partial charge in [0.2, 0.25) is 0 Å². The van der Waals surface area contributed by atoms with Gasteiger partial charge in [-0.3, -0.25) is 4.79 Å². The molecule has 4 aliphatic rings. The number of esters is 2. The molecule has 0 spiro atoms. The lowest BCUT2D eigenvalue weighted by Crippen LogP contribution is -2.20. The molecule has 2 aromatic heterocycles. The summed E-state index contributed by atoms with van der Waals surface area (Å²) in [6.45, 7) is 13.7. The zero-order chi connectivity index (χ0) is 32.0. The molecule has 226 valence electrons. The Hall–Kier alpha value is -4.95. The number of carbonyl (C=O) groups excluding carboxylic acids is 5. The minimum Gasteiger partial charge on any atom is -0.386 e. The van der Waals surface area contributed by atoms with E-state index in [1.807, 2.05) is 39.0 Å². The van der Waals surface area contributed by atoms with Crippen LogP contribution in [-0.4, -0.2) is 43.8 Å². The van der Waals surface area contributed by atoms with E-state index in [-0.39, 0.29) is 29.3 Å². The molecular formula is C34H34N4O6. The number of aryl methyl sites for hydroxylation is 1. The number of rotatable bonds is 4. The van der Waals surface area contributed by atoms with Crippen LogP contribution in [0.4, 0.5) is 0 Å². The monoisotopic (exact) mass is 594 g/mol. The summed E-state index contributed by atoms with van der Waals surface area (Å²) >= 11 is 0. The van der Waals surface area contributed by atoms with Crippen LogP contribution in [0.15, 0.2) is 18.2 Å². The van der Waals surface area contributed by atoms with Gasteiger partial charge in [0.15, 0.2) is 5.78 Å². The van der Waals surface area contributed by atoms with E-state index in [4.69, 9.17) is 24.3 Å². The van der Waals surface area contributed by atoms with Gasteiger partial charge >= 0.3 is 18.1 Å². The first kappa shape index (κ1) is 30.5. The second kappa shape index (κ2) is 11.6. The quantitative estimate of drug-likeness (QED) is 0.296. The average molecular weight is 595 g/mol. The highest BCUT2D eigenvalue weighted by atomic mass is 16.6. The van der Waals surface area contributed by atoms with Crippen LogP contribution in [0.5, 0.6) is 0 Å². The van der Waals surface area contributed by atoms with E-state index in [1.54, 1.807) is 6.92 Å². The molecule has 0 fully saturated rings. The second-order valence-corrected chi connectivity index (χ2v) is 11.5. The van der Waals surface area contributed by atoms with Crippen molar-refractivity contribution in [2.75, 3.05) is 0 Å².